The molecule has 0 spiro atoms. The molecule has 7 aliphatic carbocycles. The van der Waals surface area contributed by atoms with Crippen LogP contribution in [0.4, 0.5) is 15.3 Å². The molecule has 4 amide bonds. The number of carbonyl (C=O) groups is 6. The van der Waals surface area contributed by atoms with Crippen molar-refractivity contribution in [2.24, 2.45) is 45.7 Å². The number of fused-ring (bicyclic) bond motifs is 7. The molecule has 4 aromatic rings. The number of aliphatic hydroxyl groups excluding tert-OH is 3. The highest BCUT2D eigenvalue weighted by atomic mass is 16.7. The van der Waals surface area contributed by atoms with E-state index in [9.17, 15) is 39.3 Å². The van der Waals surface area contributed by atoms with E-state index in [2.05, 4.69) is 70.0 Å². The Kier molecular flexibility index (Phi) is 17.1. The molecule has 24 nitrogen and oxygen atoms in total. The number of anilines is 1. The maximum Gasteiger partial charge on any atom is 0.409 e. The number of rotatable bonds is 20. The van der Waals surface area contributed by atoms with Crippen molar-refractivity contribution in [1.82, 2.24) is 35.5 Å². The normalized spacial score (nSPS) is 33.3. The highest BCUT2D eigenvalue weighted by molar-refractivity contribution is 6.01. The number of aromatic nitrogens is 4. The van der Waals surface area contributed by atoms with Gasteiger partial charge in [0.05, 0.1) is 24.8 Å². The molecule has 8 fully saturated rings. The van der Waals surface area contributed by atoms with Crippen molar-refractivity contribution in [3.63, 3.8) is 0 Å². The van der Waals surface area contributed by atoms with Gasteiger partial charge in [0.1, 0.15) is 30.7 Å². The fourth-order valence-electron chi connectivity index (χ4n) is 16.6. The number of likely N-dealkylation sites (N-methyl/N-ethyl adjacent to an activating group) is 2. The van der Waals surface area contributed by atoms with E-state index in [0.29, 0.717) is 35.4 Å². The van der Waals surface area contributed by atoms with Gasteiger partial charge in [0.25, 0.3) is 0 Å². The van der Waals surface area contributed by atoms with Crippen molar-refractivity contribution in [3.05, 3.63) is 119 Å². The molecule has 478 valence electrons. The molecule has 13 rings (SSSR count). The van der Waals surface area contributed by atoms with Crippen molar-refractivity contribution in [3.8, 4) is 17.1 Å². The second kappa shape index (κ2) is 24.6. The number of Topliss-reactive ketones (excluding diaryl/α,β-unsaturated/α-hetero) is 1. The number of carbonyl (C=O) groups excluding carboxylic acids is 6. The van der Waals surface area contributed by atoms with E-state index in [-0.39, 0.29) is 115 Å². The number of hydrogen-bond acceptors (Lipinski definition) is 20. The number of ether oxygens (including phenoxy) is 6. The molecule has 9 aliphatic rings. The minimum atomic E-state index is -1.65. The summed E-state index contributed by atoms with van der Waals surface area (Å²) in [5.41, 5.74) is 9.32. The van der Waals surface area contributed by atoms with Crippen LogP contribution in [0.15, 0.2) is 96.9 Å². The molecule has 6 saturated carbocycles. The second-order valence-electron chi connectivity index (χ2n) is 26.9. The molecule has 0 radical (unpaired) electrons. The Morgan fingerprint density at radius 3 is 2.26 bits per heavy atom. The van der Waals surface area contributed by atoms with Gasteiger partial charge in [0.2, 0.25) is 29.7 Å². The van der Waals surface area contributed by atoms with Gasteiger partial charge in [-0.15, -0.1) is 20.4 Å². The first-order valence-corrected chi connectivity index (χ1v) is 31.0. The monoisotopic (exact) mass is 1240 g/mol. The Bertz CT molecular complexity index is 3460. The maximum atomic E-state index is 15.3. The van der Waals surface area contributed by atoms with E-state index in [1.807, 2.05) is 18.2 Å². The topological polar surface area (TPSA) is 327 Å². The van der Waals surface area contributed by atoms with Crippen molar-refractivity contribution >= 4 is 41.3 Å². The van der Waals surface area contributed by atoms with Crippen molar-refractivity contribution in [2.45, 2.75) is 140 Å². The van der Waals surface area contributed by atoms with Crippen LogP contribution in [0.3, 0.4) is 0 Å². The number of hydrogen-bond donors (Lipinski definition) is 6. The molecule has 2 aliphatic heterocycles. The van der Waals surface area contributed by atoms with E-state index in [1.165, 1.54) is 53.5 Å². The third-order valence-corrected chi connectivity index (χ3v) is 20.7. The molecule has 2 saturated heterocycles. The van der Waals surface area contributed by atoms with Gasteiger partial charge in [-0.2, -0.15) is 0 Å². The summed E-state index contributed by atoms with van der Waals surface area (Å²) in [6.45, 7) is 5.47. The molecule has 13 atom stereocenters. The number of benzene rings is 3. The highest BCUT2D eigenvalue weighted by Crippen LogP contribution is 2.72. The van der Waals surface area contributed by atoms with Crippen molar-refractivity contribution < 1.29 is 72.5 Å². The lowest BCUT2D eigenvalue weighted by molar-refractivity contribution is -0.241. The zero-order valence-electron chi connectivity index (χ0n) is 51.2. The molecule has 90 heavy (non-hydrogen) atoms. The van der Waals surface area contributed by atoms with Gasteiger partial charge >= 0.3 is 12.2 Å². The van der Waals surface area contributed by atoms with Crippen LogP contribution in [0, 0.1) is 39.9 Å². The third kappa shape index (κ3) is 11.9. The first-order chi connectivity index (χ1) is 43.0. The Labute approximate surface area is 521 Å². The number of nitrogens with one attached hydrogen (secondary N) is 2. The SMILES string of the molecule is C[C@H]1C[C@@]2(C)[C@@H](C[C@H]3O[C@@H](c4ccc(CC56CC(N)(C5)C6)cc4)O[C@]32C(=O)COC(=O)N(C)CCN(C)C(=O)OCc2ccc(O[C@@H]3OC[C@@H](O)[C@H](O)[C@H]3O)c(NC(=O)CCNC(=O)Cc3ccc(-c4nncnn4)cc3)c2)[C@@H]2CCC3=CC(=O)C=C[C@]3(C)[C@H]21. The predicted octanol–water partition coefficient (Wildman–Crippen LogP) is 5.09. The van der Waals surface area contributed by atoms with Crippen LogP contribution in [0.25, 0.3) is 11.4 Å². The molecular formula is C66H79N9O15. The largest absolute Gasteiger partial charge is 0.460 e. The van der Waals surface area contributed by atoms with Gasteiger partial charge in [-0.25, -0.2) is 9.59 Å². The number of nitrogens with two attached hydrogens (primary N) is 1. The van der Waals surface area contributed by atoms with Crippen LogP contribution in [0.2, 0.25) is 0 Å². The number of ketones is 2. The average molecular weight is 1240 g/mol. The van der Waals surface area contributed by atoms with Gasteiger partial charge in [0.15, 0.2) is 30.6 Å². The van der Waals surface area contributed by atoms with Gasteiger partial charge in [-0.1, -0.05) is 87.0 Å². The summed E-state index contributed by atoms with van der Waals surface area (Å²) in [5, 5.41) is 51.8. The van der Waals surface area contributed by atoms with E-state index >= 15 is 4.79 Å². The Hall–Kier alpha value is -7.58. The Morgan fingerprint density at radius 2 is 1.54 bits per heavy atom. The molecule has 24 heteroatoms. The van der Waals surface area contributed by atoms with Crippen LogP contribution < -0.4 is 21.1 Å². The first-order valence-electron chi connectivity index (χ1n) is 31.0. The average Bonchev–Trinajstić information content (AvgIpc) is 1.37. The predicted molar refractivity (Wildman–Crippen MR) is 321 cm³/mol. The second-order valence-corrected chi connectivity index (χ2v) is 26.9. The molecule has 1 aromatic heterocycles. The van der Waals surface area contributed by atoms with E-state index in [1.54, 1.807) is 36.4 Å². The Morgan fingerprint density at radius 1 is 0.856 bits per heavy atom. The van der Waals surface area contributed by atoms with Crippen molar-refractivity contribution in [2.75, 3.05) is 52.3 Å². The van der Waals surface area contributed by atoms with Crippen LogP contribution >= 0.6 is 0 Å². The summed E-state index contributed by atoms with van der Waals surface area (Å²) in [6, 6.07) is 19.8. The van der Waals surface area contributed by atoms with E-state index < -0.39 is 72.7 Å². The highest BCUT2D eigenvalue weighted by Gasteiger charge is 2.76. The number of allylic oxidation sites excluding steroid dienone is 4. The minimum Gasteiger partial charge on any atom is -0.460 e. The number of amides is 4. The Balaban J connectivity index is 0.658. The van der Waals surface area contributed by atoms with E-state index in [0.717, 1.165) is 44.1 Å². The summed E-state index contributed by atoms with van der Waals surface area (Å²) < 4.78 is 36.9. The van der Waals surface area contributed by atoms with Crippen LogP contribution in [0.1, 0.15) is 101 Å². The molecule has 3 aromatic carbocycles. The summed E-state index contributed by atoms with van der Waals surface area (Å²) in [4.78, 5) is 83.9. The smallest absolute Gasteiger partial charge is 0.409 e. The number of nitrogens with zero attached hydrogens (tertiary/aromatic N) is 6. The fourth-order valence-corrected chi connectivity index (χ4v) is 16.6. The third-order valence-electron chi connectivity index (χ3n) is 20.7. The summed E-state index contributed by atoms with van der Waals surface area (Å²) in [7, 11) is 3.00. The lowest BCUT2D eigenvalue weighted by atomic mass is 9.38. The van der Waals surface area contributed by atoms with Crippen LogP contribution in [-0.2, 0) is 62.3 Å². The summed E-state index contributed by atoms with van der Waals surface area (Å²) in [5.74, 6) is -0.234. The van der Waals surface area contributed by atoms with Gasteiger partial charge in [-0.3, -0.25) is 19.2 Å². The van der Waals surface area contributed by atoms with Gasteiger partial charge in [-0.05, 0) is 121 Å². The zero-order chi connectivity index (χ0) is 63.5. The van der Waals surface area contributed by atoms with Crippen LogP contribution in [-0.4, -0.2) is 170 Å². The van der Waals surface area contributed by atoms with E-state index in [4.69, 9.17) is 34.2 Å². The molecule has 0 unspecified atom stereocenters. The van der Waals surface area contributed by atoms with Gasteiger partial charge in [0, 0.05) is 67.6 Å². The lowest BCUT2D eigenvalue weighted by Gasteiger charge is -2.69. The molecular weight excluding hydrogens is 1160 g/mol. The fraction of sp³-hybridized carbons (Fsp3) is 0.545. The quantitative estimate of drug-likeness (QED) is 0.0671. The summed E-state index contributed by atoms with van der Waals surface area (Å²) in [6.07, 6.45) is 4.75. The molecule has 7 N–H and O–H groups in total. The molecule has 2 bridgehead atoms. The molecule has 3 heterocycles. The maximum absolute atomic E-state index is 15.3. The standard InChI is InChI=1S/C66H79N9O15/c1-37-28-63(3)46(45-16-15-43-26-44(76)18-20-62(43,2)54(37)45)27-51-66(63,90-58(89-51)42-13-8-39(9-14-42)29-64-33-65(67,34-64)35-64)50(78)32-87-61(84)75(5)23-22-74(4)60(83)86-30-40-10-17-49(88-59-56(82)55(81)48(77)31-85-59)47(24-40)71-52(79)19-21-68-53(80)25-38-6-11-41(12-7-38)57-72-69-36-70-73-57/h6-14,17-18,20,24,26,36-37,45-46,48,51,54-56,58-59,77,81-82H,15-16,19,21-23,25,27-35,67H2,1-5H3,(H,68,80)(H,71,79)/t37-,45-,46-,48+,51+,54-,55-,56+,58+,59-,62-,63-,64?,65?,66+/m0/s1. The number of aliphatic hydroxyl groups is 3. The summed E-state index contributed by atoms with van der Waals surface area (Å²) >= 11 is 0. The lowest BCUT2D eigenvalue weighted by Crippen LogP contribution is -2.72. The zero-order valence-corrected chi connectivity index (χ0v) is 51.2. The minimum absolute atomic E-state index is 0.00522. The van der Waals surface area contributed by atoms with Gasteiger partial charge < -0.3 is 69.9 Å². The van der Waals surface area contributed by atoms with Crippen LogP contribution in [0.5, 0.6) is 5.75 Å². The first kappa shape index (κ1) is 62.6. The van der Waals surface area contributed by atoms with Crippen molar-refractivity contribution in [1.29, 1.82) is 0 Å².